The van der Waals surface area contributed by atoms with Gasteiger partial charge in [0.2, 0.25) is 0 Å². The van der Waals surface area contributed by atoms with Crippen molar-refractivity contribution in [3.05, 3.63) is 34.9 Å². The highest BCUT2D eigenvalue weighted by molar-refractivity contribution is 5.38. The third-order valence-corrected chi connectivity index (χ3v) is 3.77. The molecule has 94 valence electrons. The Kier molecular flexibility index (Phi) is 3.85. The Balaban J connectivity index is 2.16. The highest BCUT2D eigenvalue weighted by Crippen LogP contribution is 2.36. The number of aliphatic hydroxyl groups is 1. The monoisotopic (exact) mass is 233 g/mol. The largest absolute Gasteiger partial charge is 0.396 e. The van der Waals surface area contributed by atoms with E-state index in [0.717, 1.165) is 6.42 Å². The molecule has 2 rings (SSSR count). The van der Waals surface area contributed by atoms with Gasteiger partial charge in [-0.2, -0.15) is 0 Å². The zero-order valence-corrected chi connectivity index (χ0v) is 11.0. The topological polar surface area (TPSA) is 32.3 Å². The number of hydrogen-bond acceptors (Lipinski definition) is 2. The number of nitrogens with one attached hydrogen (secondary N) is 1. The first kappa shape index (κ1) is 12.6. The third-order valence-electron chi connectivity index (χ3n) is 3.77. The van der Waals surface area contributed by atoms with Crippen LogP contribution in [0.4, 0.5) is 0 Å². The SMILES string of the molecule is Cc1ccc2c(c1)C(N[C@H](C)CCO)C(C)C2. The van der Waals surface area contributed by atoms with Crippen molar-refractivity contribution in [3.63, 3.8) is 0 Å². The minimum Gasteiger partial charge on any atom is -0.396 e. The van der Waals surface area contributed by atoms with Crippen LogP contribution in [0.25, 0.3) is 0 Å². The maximum atomic E-state index is 8.98. The van der Waals surface area contributed by atoms with Crippen molar-refractivity contribution >= 4 is 0 Å². The van der Waals surface area contributed by atoms with Crippen LogP contribution < -0.4 is 5.32 Å². The summed E-state index contributed by atoms with van der Waals surface area (Å²) in [6.45, 7) is 6.86. The van der Waals surface area contributed by atoms with Gasteiger partial charge in [0.15, 0.2) is 0 Å². The predicted molar refractivity (Wildman–Crippen MR) is 71.1 cm³/mol. The van der Waals surface area contributed by atoms with E-state index in [4.69, 9.17) is 5.11 Å². The zero-order chi connectivity index (χ0) is 12.4. The van der Waals surface area contributed by atoms with Crippen LogP contribution in [0.15, 0.2) is 18.2 Å². The summed E-state index contributed by atoms with van der Waals surface area (Å²) in [6.07, 6.45) is 1.99. The van der Waals surface area contributed by atoms with Crippen molar-refractivity contribution < 1.29 is 5.11 Å². The van der Waals surface area contributed by atoms with Crippen molar-refractivity contribution in [1.29, 1.82) is 0 Å². The van der Waals surface area contributed by atoms with Gasteiger partial charge in [-0.3, -0.25) is 0 Å². The van der Waals surface area contributed by atoms with Gasteiger partial charge >= 0.3 is 0 Å². The molecule has 0 fully saturated rings. The van der Waals surface area contributed by atoms with Gasteiger partial charge < -0.3 is 10.4 Å². The van der Waals surface area contributed by atoms with Gasteiger partial charge in [0.25, 0.3) is 0 Å². The van der Waals surface area contributed by atoms with Gasteiger partial charge in [0, 0.05) is 18.7 Å². The molecule has 3 atom stereocenters. The van der Waals surface area contributed by atoms with Gasteiger partial charge in [-0.25, -0.2) is 0 Å². The summed E-state index contributed by atoms with van der Waals surface area (Å²) in [6, 6.07) is 7.60. The fourth-order valence-corrected chi connectivity index (χ4v) is 2.80. The number of rotatable bonds is 4. The van der Waals surface area contributed by atoms with E-state index in [1.165, 1.54) is 23.1 Å². The molecule has 0 spiro atoms. The van der Waals surface area contributed by atoms with Crippen LogP contribution >= 0.6 is 0 Å². The van der Waals surface area contributed by atoms with Gasteiger partial charge in [0.1, 0.15) is 0 Å². The molecule has 0 bridgehead atoms. The molecule has 2 heteroatoms. The summed E-state index contributed by atoms with van der Waals surface area (Å²) >= 11 is 0. The quantitative estimate of drug-likeness (QED) is 0.838. The van der Waals surface area contributed by atoms with E-state index in [0.29, 0.717) is 18.0 Å². The molecular formula is C15H23NO. The molecule has 0 aromatic heterocycles. The lowest BCUT2D eigenvalue weighted by atomic mass is 10.0. The summed E-state index contributed by atoms with van der Waals surface area (Å²) < 4.78 is 0. The van der Waals surface area contributed by atoms with Crippen LogP contribution in [-0.2, 0) is 6.42 Å². The summed E-state index contributed by atoms with van der Waals surface area (Å²) in [5.41, 5.74) is 4.28. The van der Waals surface area contributed by atoms with Crippen LogP contribution in [-0.4, -0.2) is 17.8 Å². The molecule has 2 nitrogen and oxygen atoms in total. The molecule has 0 saturated heterocycles. The van der Waals surface area contributed by atoms with E-state index in [-0.39, 0.29) is 6.61 Å². The molecule has 0 aliphatic heterocycles. The van der Waals surface area contributed by atoms with Crippen LogP contribution in [0.5, 0.6) is 0 Å². The minimum absolute atomic E-state index is 0.260. The first-order valence-electron chi connectivity index (χ1n) is 6.58. The Morgan fingerprint density at radius 3 is 2.94 bits per heavy atom. The minimum atomic E-state index is 0.260. The average Bonchev–Trinajstić information content (AvgIpc) is 2.56. The molecule has 1 aliphatic rings. The molecule has 0 heterocycles. The average molecular weight is 233 g/mol. The molecule has 1 aromatic rings. The van der Waals surface area contributed by atoms with E-state index >= 15 is 0 Å². The molecule has 0 radical (unpaired) electrons. The van der Waals surface area contributed by atoms with Crippen molar-refractivity contribution in [2.45, 2.75) is 45.7 Å². The smallest absolute Gasteiger partial charge is 0.0445 e. The molecule has 2 N–H and O–H groups in total. The Hall–Kier alpha value is -0.860. The van der Waals surface area contributed by atoms with E-state index < -0.39 is 0 Å². The fourth-order valence-electron chi connectivity index (χ4n) is 2.80. The van der Waals surface area contributed by atoms with Crippen LogP contribution in [0.1, 0.15) is 43.0 Å². The Labute approximate surface area is 104 Å². The summed E-state index contributed by atoms with van der Waals surface area (Å²) in [7, 11) is 0. The van der Waals surface area contributed by atoms with Gasteiger partial charge in [-0.15, -0.1) is 0 Å². The molecule has 17 heavy (non-hydrogen) atoms. The maximum Gasteiger partial charge on any atom is 0.0445 e. The van der Waals surface area contributed by atoms with Crippen molar-refractivity contribution in [1.82, 2.24) is 5.32 Å². The fraction of sp³-hybridized carbons (Fsp3) is 0.600. The second-order valence-electron chi connectivity index (χ2n) is 5.44. The zero-order valence-electron chi connectivity index (χ0n) is 11.0. The van der Waals surface area contributed by atoms with Gasteiger partial charge in [-0.1, -0.05) is 30.7 Å². The molecule has 2 unspecified atom stereocenters. The third kappa shape index (κ3) is 2.70. The van der Waals surface area contributed by atoms with Crippen molar-refractivity contribution in [2.75, 3.05) is 6.61 Å². The van der Waals surface area contributed by atoms with Gasteiger partial charge in [-0.05, 0) is 43.7 Å². The molecule has 0 saturated carbocycles. The number of aliphatic hydroxyl groups excluding tert-OH is 1. The number of benzene rings is 1. The first-order chi connectivity index (χ1) is 8.11. The Morgan fingerprint density at radius 1 is 1.47 bits per heavy atom. The van der Waals surface area contributed by atoms with Crippen LogP contribution in [0.2, 0.25) is 0 Å². The Bertz CT molecular complexity index is 389. The van der Waals surface area contributed by atoms with E-state index in [9.17, 15) is 0 Å². The van der Waals surface area contributed by atoms with E-state index in [1.807, 2.05) is 0 Å². The van der Waals surface area contributed by atoms with Gasteiger partial charge in [0.05, 0.1) is 0 Å². The lowest BCUT2D eigenvalue weighted by Gasteiger charge is -2.23. The normalized spacial score (nSPS) is 24.7. The van der Waals surface area contributed by atoms with E-state index in [1.54, 1.807) is 0 Å². The molecule has 0 amide bonds. The molecular weight excluding hydrogens is 210 g/mol. The highest BCUT2D eigenvalue weighted by atomic mass is 16.3. The highest BCUT2D eigenvalue weighted by Gasteiger charge is 2.29. The maximum absolute atomic E-state index is 8.98. The van der Waals surface area contributed by atoms with E-state index in [2.05, 4.69) is 44.3 Å². The molecule has 1 aliphatic carbocycles. The lowest BCUT2D eigenvalue weighted by molar-refractivity contribution is 0.256. The second-order valence-corrected chi connectivity index (χ2v) is 5.44. The summed E-state index contributed by atoms with van der Waals surface area (Å²) in [5, 5.41) is 12.6. The Morgan fingerprint density at radius 2 is 2.24 bits per heavy atom. The van der Waals surface area contributed by atoms with Crippen molar-refractivity contribution in [2.24, 2.45) is 5.92 Å². The van der Waals surface area contributed by atoms with Crippen LogP contribution in [0.3, 0.4) is 0 Å². The predicted octanol–water partition coefficient (Wildman–Crippen LogP) is 2.59. The first-order valence-corrected chi connectivity index (χ1v) is 6.58. The number of fused-ring (bicyclic) bond motifs is 1. The second kappa shape index (κ2) is 5.19. The number of aryl methyl sites for hydroxylation is 1. The summed E-state index contributed by atoms with van der Waals surface area (Å²) in [4.78, 5) is 0. The van der Waals surface area contributed by atoms with Crippen molar-refractivity contribution in [3.8, 4) is 0 Å². The standard InChI is InChI=1S/C15H23NO/c1-10-4-5-13-9-11(2)15(14(13)8-10)16-12(3)6-7-17/h4-5,8,11-12,15-17H,6-7,9H2,1-3H3/t11?,12-,15?/m1/s1. The summed E-state index contributed by atoms with van der Waals surface area (Å²) in [5.74, 6) is 0.646. The number of hydrogen-bond donors (Lipinski definition) is 2. The lowest BCUT2D eigenvalue weighted by Crippen LogP contribution is -2.33. The van der Waals surface area contributed by atoms with Crippen LogP contribution in [0, 0.1) is 12.8 Å². The molecule has 1 aromatic carbocycles.